The number of thiophene rings is 1. The Bertz CT molecular complexity index is 1370. The maximum absolute atomic E-state index is 10.0. The predicted octanol–water partition coefficient (Wildman–Crippen LogP) is 8.68. The molecule has 6 heteroatoms. The minimum atomic E-state index is -0.125. The second-order valence-electron chi connectivity index (χ2n) is 11.1. The van der Waals surface area contributed by atoms with Crippen LogP contribution >= 0.6 is 11.3 Å². The molecule has 200 valence electrons. The van der Waals surface area contributed by atoms with Crippen molar-refractivity contribution in [3.8, 4) is 21.7 Å². The molecule has 0 aliphatic rings. The normalized spacial score (nSPS) is 11.6. The number of nitrogens with zero attached hydrogens (tertiary/aromatic N) is 1. The summed E-state index contributed by atoms with van der Waals surface area (Å²) in [7, 11) is 0. The Morgan fingerprint density at radius 3 is 1.95 bits per heavy atom. The molecule has 0 fully saturated rings. The molecule has 0 spiro atoms. The molecule has 2 aromatic heterocycles. The maximum Gasteiger partial charge on any atom is 0.155 e. The Morgan fingerprint density at radius 2 is 1.50 bits per heavy atom. The van der Waals surface area contributed by atoms with Crippen LogP contribution in [-0.4, -0.2) is 24.3 Å². The summed E-state index contributed by atoms with van der Waals surface area (Å²) in [6, 6.07) is 23.3. The number of aliphatic hydroxyl groups is 1. The molecule has 0 saturated carbocycles. The molecule has 0 saturated heterocycles. The van der Waals surface area contributed by atoms with Gasteiger partial charge in [0.2, 0.25) is 0 Å². The van der Waals surface area contributed by atoms with Crippen LogP contribution in [-0.2, 0) is 35.7 Å². The molecule has 2 aromatic carbocycles. The second-order valence-corrected chi connectivity index (χ2v) is 12.2. The van der Waals surface area contributed by atoms with Gasteiger partial charge in [-0.3, -0.25) is 4.79 Å². The molecule has 4 radical (unpaired) electrons. The van der Waals surface area contributed by atoms with Gasteiger partial charge in [-0.1, -0.05) is 65.8 Å². The number of rotatable bonds is 3. The number of allylic oxidation sites excluding steroid dienone is 2. The summed E-state index contributed by atoms with van der Waals surface area (Å²) in [5, 5.41) is 9.56. The quantitative estimate of drug-likeness (QED) is 0.101. The monoisotopic (exact) mass is 702 g/mol. The van der Waals surface area contributed by atoms with Crippen molar-refractivity contribution in [2.24, 2.45) is 0 Å². The first-order valence-corrected chi connectivity index (χ1v) is 13.0. The molecule has 4 rings (SSSR count). The van der Waals surface area contributed by atoms with E-state index in [0.29, 0.717) is 0 Å². The Morgan fingerprint density at radius 1 is 0.921 bits per heavy atom. The van der Waals surface area contributed by atoms with E-state index < -0.39 is 0 Å². The number of ketones is 1. The molecule has 4 aromatic rings. The fourth-order valence-corrected chi connectivity index (χ4v) is 4.85. The molecule has 0 aliphatic carbocycles. The van der Waals surface area contributed by atoms with Crippen molar-refractivity contribution in [2.75, 3.05) is 0 Å². The number of carbonyl (C=O) groups excluding carboxylic acids is 1. The summed E-state index contributed by atoms with van der Waals surface area (Å²) in [4.78, 5) is 16.0. The first-order valence-electron chi connectivity index (χ1n) is 12.2. The van der Waals surface area contributed by atoms with Crippen molar-refractivity contribution in [1.82, 2.24) is 4.98 Å². The summed E-state index contributed by atoms with van der Waals surface area (Å²) in [6.45, 7) is 16.3. The maximum atomic E-state index is 10.0. The zero-order valence-electron chi connectivity index (χ0n) is 23.5. The smallest absolute Gasteiger partial charge is 0.155 e. The molecule has 0 aliphatic heterocycles. The van der Waals surface area contributed by atoms with Gasteiger partial charge in [0.25, 0.3) is 0 Å². The Kier molecular flexibility index (Phi) is 11.9. The minimum Gasteiger partial charge on any atom is -0.512 e. The van der Waals surface area contributed by atoms with Crippen molar-refractivity contribution < 1.29 is 30.0 Å². The number of aromatic nitrogens is 1. The Hall–Kier alpha value is -2.53. The van der Waals surface area contributed by atoms with Crippen molar-refractivity contribution in [1.29, 1.82) is 0 Å². The average Bonchev–Trinajstić information content (AvgIpc) is 3.22. The van der Waals surface area contributed by atoms with E-state index in [9.17, 15) is 4.79 Å². The fourth-order valence-electron chi connectivity index (χ4n) is 3.79. The van der Waals surface area contributed by atoms with Gasteiger partial charge in [0.1, 0.15) is 0 Å². The topological polar surface area (TPSA) is 50.2 Å². The minimum absolute atomic E-state index is 0. The van der Waals surface area contributed by atoms with E-state index in [4.69, 9.17) is 10.1 Å². The van der Waals surface area contributed by atoms with Crippen LogP contribution in [0.4, 0.5) is 0 Å². The van der Waals surface area contributed by atoms with E-state index in [-0.39, 0.29) is 50.9 Å². The van der Waals surface area contributed by atoms with Gasteiger partial charge >= 0.3 is 0 Å². The standard InChI is InChI=1S/C27H28NS.C5H8O2.B.Ir/c1-26(2,3)20-11-7-18(8-12-20)24-17-22-23(29-24)15-16-28-25(22)19-9-13-21(14-10-19)27(4,5)6;1-4(6)3-5(2)7;;/h7-9,11-17H,1-6H3;3,6H,1-2H3;;/q-1;;;. The van der Waals surface area contributed by atoms with Gasteiger partial charge in [-0.15, -0.1) is 46.7 Å². The summed E-state index contributed by atoms with van der Waals surface area (Å²) < 4.78 is 1.26. The van der Waals surface area contributed by atoms with Crippen LogP contribution in [0, 0.1) is 6.07 Å². The second kappa shape index (κ2) is 13.5. The van der Waals surface area contributed by atoms with Gasteiger partial charge in [-0.2, -0.15) is 0 Å². The molecule has 0 amide bonds. The van der Waals surface area contributed by atoms with Crippen LogP contribution in [0.25, 0.3) is 31.8 Å². The van der Waals surface area contributed by atoms with Crippen molar-refractivity contribution in [3.63, 3.8) is 0 Å². The molecule has 3 nitrogen and oxygen atoms in total. The van der Waals surface area contributed by atoms with Gasteiger partial charge in [-0.05, 0) is 59.0 Å². The van der Waals surface area contributed by atoms with Crippen LogP contribution in [0.2, 0.25) is 0 Å². The number of pyridine rings is 1. The summed E-state index contributed by atoms with van der Waals surface area (Å²) in [6.07, 6.45) is 3.08. The van der Waals surface area contributed by atoms with Crippen LogP contribution in [0.5, 0.6) is 0 Å². The molecule has 0 atom stereocenters. The van der Waals surface area contributed by atoms with E-state index in [0.717, 1.165) is 11.3 Å². The third-order valence-electron chi connectivity index (χ3n) is 5.83. The van der Waals surface area contributed by atoms with Crippen molar-refractivity contribution in [3.05, 3.63) is 89.8 Å². The first-order chi connectivity index (χ1) is 16.8. The van der Waals surface area contributed by atoms with Gasteiger partial charge in [-0.25, -0.2) is 0 Å². The molecule has 0 unspecified atom stereocenters. The number of hydrogen-bond donors (Lipinski definition) is 1. The summed E-state index contributed by atoms with van der Waals surface area (Å²) in [5.41, 5.74) is 6.27. The van der Waals surface area contributed by atoms with E-state index in [1.165, 1.54) is 51.6 Å². The molecule has 0 bridgehead atoms. The van der Waals surface area contributed by atoms with E-state index >= 15 is 0 Å². The largest absolute Gasteiger partial charge is 0.512 e. The third kappa shape index (κ3) is 8.76. The number of carbonyl (C=O) groups is 1. The van der Waals surface area contributed by atoms with Gasteiger partial charge in [0.15, 0.2) is 5.78 Å². The van der Waals surface area contributed by atoms with E-state index in [1.807, 2.05) is 17.5 Å². The predicted molar refractivity (Wildman–Crippen MR) is 160 cm³/mol. The first kappa shape index (κ1) is 33.5. The molecule has 2 heterocycles. The van der Waals surface area contributed by atoms with Gasteiger partial charge in [0, 0.05) is 50.4 Å². The molecular formula is C32H36BIrNO2S-. The van der Waals surface area contributed by atoms with Gasteiger partial charge in [0.05, 0.1) is 5.76 Å². The number of fused-ring (bicyclic) bond motifs is 1. The fraction of sp³-hybridized carbons (Fsp3) is 0.312. The molecule has 38 heavy (non-hydrogen) atoms. The molecule has 1 N–H and O–H groups in total. The SMILES string of the molecule is CC(=O)C=C(C)O.CC(C)(C)c1c[c-]c(-c2nccc3sc(-c4ccc(C(C)(C)C)cc4)cc23)cc1.[B].[Ir]. The summed E-state index contributed by atoms with van der Waals surface area (Å²) in [5.74, 6) is -0.0625. The van der Waals surface area contributed by atoms with E-state index in [2.05, 4.69) is 102 Å². The number of aliphatic hydroxyl groups excluding tert-OH is 1. The van der Waals surface area contributed by atoms with Crippen LogP contribution < -0.4 is 0 Å². The van der Waals surface area contributed by atoms with Crippen molar-refractivity contribution in [2.45, 2.75) is 66.2 Å². The van der Waals surface area contributed by atoms with Gasteiger partial charge < -0.3 is 10.1 Å². The zero-order chi connectivity index (χ0) is 26.7. The average molecular weight is 702 g/mol. The van der Waals surface area contributed by atoms with Crippen molar-refractivity contribution >= 4 is 35.6 Å². The zero-order valence-corrected chi connectivity index (χ0v) is 26.7. The number of benzene rings is 2. The van der Waals surface area contributed by atoms with E-state index in [1.54, 1.807) is 0 Å². The Labute approximate surface area is 247 Å². The van der Waals surface area contributed by atoms with Crippen LogP contribution in [0.3, 0.4) is 0 Å². The summed E-state index contributed by atoms with van der Waals surface area (Å²) >= 11 is 1.83. The number of hydrogen-bond acceptors (Lipinski definition) is 4. The van der Waals surface area contributed by atoms with Crippen LogP contribution in [0.15, 0.2) is 72.6 Å². The van der Waals surface area contributed by atoms with Crippen LogP contribution in [0.1, 0.15) is 66.5 Å². The third-order valence-corrected chi connectivity index (χ3v) is 6.98. The Balaban J connectivity index is 0.000000712. The molecular weight excluding hydrogens is 665 g/mol.